The summed E-state index contributed by atoms with van der Waals surface area (Å²) >= 11 is 7.52. The van der Waals surface area contributed by atoms with Crippen LogP contribution in [-0.2, 0) is 13.0 Å². The molecule has 8 nitrogen and oxygen atoms in total. The smallest absolute Gasteiger partial charge is 0.228 e. The fourth-order valence-electron chi connectivity index (χ4n) is 2.44. The van der Waals surface area contributed by atoms with Crippen molar-refractivity contribution < 1.29 is 4.52 Å². The molecule has 10 heteroatoms. The third-order valence-corrected chi connectivity index (χ3v) is 5.18. The van der Waals surface area contributed by atoms with E-state index in [2.05, 4.69) is 30.8 Å². The first-order chi connectivity index (χ1) is 14.0. The minimum absolute atomic E-state index is 0.515. The largest absolute Gasteiger partial charge is 0.357 e. The van der Waals surface area contributed by atoms with Crippen molar-refractivity contribution in [1.29, 1.82) is 0 Å². The van der Waals surface area contributed by atoms with Crippen LogP contribution in [0, 0.1) is 0 Å². The molecule has 0 aliphatic carbocycles. The Bertz CT molecular complexity index is 936. The molecule has 0 bridgehead atoms. The number of rotatable bonds is 8. The molecule has 0 aliphatic rings. The van der Waals surface area contributed by atoms with E-state index >= 15 is 0 Å². The number of thiazole rings is 1. The molecule has 154 valence electrons. The van der Waals surface area contributed by atoms with Gasteiger partial charge in [0.15, 0.2) is 11.1 Å². The van der Waals surface area contributed by atoms with Gasteiger partial charge in [-0.1, -0.05) is 16.8 Å². The molecular weight excluding hydrogens is 410 g/mol. The Morgan fingerprint density at radius 1 is 1.21 bits per heavy atom. The lowest BCUT2D eigenvalue weighted by molar-refractivity contribution is 0.378. The summed E-state index contributed by atoms with van der Waals surface area (Å²) in [6.07, 6.45) is 0.590. The van der Waals surface area contributed by atoms with Crippen LogP contribution >= 0.6 is 22.9 Å². The fourth-order valence-corrected chi connectivity index (χ4v) is 3.31. The molecule has 0 saturated carbocycles. The van der Waals surface area contributed by atoms with Crippen molar-refractivity contribution in [2.45, 2.75) is 19.9 Å². The third-order valence-electron chi connectivity index (χ3n) is 3.87. The molecule has 2 heterocycles. The Balaban J connectivity index is 1.53. The van der Waals surface area contributed by atoms with Gasteiger partial charge in [-0.2, -0.15) is 4.98 Å². The molecule has 0 unspecified atom stereocenters. The van der Waals surface area contributed by atoms with E-state index < -0.39 is 0 Å². The molecule has 0 saturated heterocycles. The third kappa shape index (κ3) is 6.16. The highest BCUT2D eigenvalue weighted by Crippen LogP contribution is 2.19. The van der Waals surface area contributed by atoms with Crippen molar-refractivity contribution in [3.05, 3.63) is 46.3 Å². The minimum Gasteiger partial charge on any atom is -0.357 e. The maximum atomic E-state index is 5.91. The molecule has 0 radical (unpaired) electrons. The van der Waals surface area contributed by atoms with E-state index in [1.54, 1.807) is 23.5 Å². The summed E-state index contributed by atoms with van der Waals surface area (Å²) in [5, 5.41) is 14.2. The standard InChI is InChI=1S/C19H24ClN7OS/c1-4-21-18(23-11-15-12-29-19(24-15)27(2)3)22-10-9-16-25-17(26-28-16)13-5-7-14(20)8-6-13/h5-8,12H,4,9-11H2,1-3H3,(H2,21,22,23). The zero-order valence-electron chi connectivity index (χ0n) is 16.6. The molecule has 0 fully saturated rings. The Labute approximate surface area is 179 Å². The second kappa shape index (κ2) is 10.2. The van der Waals surface area contributed by atoms with Crippen molar-refractivity contribution in [1.82, 2.24) is 25.8 Å². The number of guanidine groups is 1. The van der Waals surface area contributed by atoms with Gasteiger partial charge in [0.1, 0.15) is 0 Å². The topological polar surface area (TPSA) is 91.5 Å². The highest BCUT2D eigenvalue weighted by atomic mass is 35.5. The van der Waals surface area contributed by atoms with Gasteiger partial charge >= 0.3 is 0 Å². The number of aromatic nitrogens is 3. The van der Waals surface area contributed by atoms with Crippen LogP contribution < -0.4 is 15.5 Å². The van der Waals surface area contributed by atoms with Gasteiger partial charge in [0.05, 0.1) is 12.2 Å². The molecule has 0 aliphatic heterocycles. The van der Waals surface area contributed by atoms with E-state index in [1.165, 1.54) is 0 Å². The van der Waals surface area contributed by atoms with E-state index in [-0.39, 0.29) is 0 Å². The normalized spacial score (nSPS) is 11.5. The maximum Gasteiger partial charge on any atom is 0.228 e. The number of halogens is 1. The number of benzene rings is 1. The van der Waals surface area contributed by atoms with Crippen LogP contribution in [-0.4, -0.2) is 48.3 Å². The summed E-state index contributed by atoms with van der Waals surface area (Å²) in [6.45, 7) is 3.93. The Morgan fingerprint density at radius 3 is 2.69 bits per heavy atom. The van der Waals surface area contributed by atoms with Crippen LogP contribution in [0.25, 0.3) is 11.4 Å². The van der Waals surface area contributed by atoms with Crippen molar-refractivity contribution in [3.8, 4) is 11.4 Å². The van der Waals surface area contributed by atoms with E-state index in [9.17, 15) is 0 Å². The molecule has 0 spiro atoms. The number of anilines is 1. The molecule has 0 amide bonds. The quantitative estimate of drug-likeness (QED) is 0.416. The molecule has 3 aromatic rings. The maximum absolute atomic E-state index is 5.91. The molecule has 29 heavy (non-hydrogen) atoms. The van der Waals surface area contributed by atoms with Crippen molar-refractivity contribution in [3.63, 3.8) is 0 Å². The second-order valence-corrected chi connectivity index (χ2v) is 7.68. The lowest BCUT2D eigenvalue weighted by atomic mass is 10.2. The SMILES string of the molecule is CCNC(=NCc1csc(N(C)C)n1)NCCc1nc(-c2ccc(Cl)cc2)no1. The summed E-state index contributed by atoms with van der Waals surface area (Å²) in [4.78, 5) is 15.6. The fraction of sp³-hybridized carbons (Fsp3) is 0.368. The first kappa shape index (κ1) is 21.1. The average Bonchev–Trinajstić information content (AvgIpc) is 3.36. The van der Waals surface area contributed by atoms with Gasteiger partial charge in [-0.3, -0.25) is 0 Å². The van der Waals surface area contributed by atoms with Gasteiger partial charge in [-0.15, -0.1) is 11.3 Å². The van der Waals surface area contributed by atoms with Gasteiger partial charge in [-0.05, 0) is 31.2 Å². The number of hydrogen-bond donors (Lipinski definition) is 2. The Morgan fingerprint density at radius 2 is 2.00 bits per heavy atom. The van der Waals surface area contributed by atoms with Crippen LogP contribution in [0.3, 0.4) is 0 Å². The second-order valence-electron chi connectivity index (χ2n) is 6.41. The predicted octanol–water partition coefficient (Wildman–Crippen LogP) is 3.21. The summed E-state index contributed by atoms with van der Waals surface area (Å²) < 4.78 is 5.34. The zero-order chi connectivity index (χ0) is 20.6. The van der Waals surface area contributed by atoms with Crippen molar-refractivity contribution >= 4 is 34.0 Å². The Hall–Kier alpha value is -2.65. The van der Waals surface area contributed by atoms with E-state index in [4.69, 9.17) is 16.1 Å². The highest BCUT2D eigenvalue weighted by molar-refractivity contribution is 7.13. The lowest BCUT2D eigenvalue weighted by Gasteiger charge is -2.09. The molecular formula is C19H24ClN7OS. The summed E-state index contributed by atoms with van der Waals surface area (Å²) in [5.74, 6) is 1.84. The predicted molar refractivity (Wildman–Crippen MR) is 118 cm³/mol. The van der Waals surface area contributed by atoms with E-state index in [1.807, 2.05) is 43.4 Å². The van der Waals surface area contributed by atoms with Gasteiger partial charge in [-0.25, -0.2) is 9.98 Å². The number of nitrogens with one attached hydrogen (secondary N) is 2. The number of aliphatic imine (C=N–C) groups is 1. The van der Waals surface area contributed by atoms with Gasteiger partial charge < -0.3 is 20.1 Å². The summed E-state index contributed by atoms with van der Waals surface area (Å²) in [7, 11) is 3.96. The lowest BCUT2D eigenvalue weighted by Crippen LogP contribution is -2.38. The molecule has 2 N–H and O–H groups in total. The van der Waals surface area contributed by atoms with Crippen molar-refractivity contribution in [2.24, 2.45) is 4.99 Å². The van der Waals surface area contributed by atoms with Crippen LogP contribution in [0.1, 0.15) is 18.5 Å². The monoisotopic (exact) mass is 433 g/mol. The van der Waals surface area contributed by atoms with Crippen LogP contribution in [0.2, 0.25) is 5.02 Å². The highest BCUT2D eigenvalue weighted by Gasteiger charge is 2.09. The average molecular weight is 434 g/mol. The van der Waals surface area contributed by atoms with Crippen LogP contribution in [0.15, 0.2) is 39.2 Å². The number of hydrogen-bond acceptors (Lipinski definition) is 7. The molecule has 2 aromatic heterocycles. The first-order valence-electron chi connectivity index (χ1n) is 9.27. The zero-order valence-corrected chi connectivity index (χ0v) is 18.2. The number of nitrogens with zero attached hydrogens (tertiary/aromatic N) is 5. The molecule has 0 atom stereocenters. The van der Waals surface area contributed by atoms with Gasteiger partial charge in [0, 0.05) is 49.6 Å². The minimum atomic E-state index is 0.515. The van der Waals surface area contributed by atoms with Gasteiger partial charge in [0.2, 0.25) is 11.7 Å². The van der Waals surface area contributed by atoms with Crippen LogP contribution in [0.5, 0.6) is 0 Å². The van der Waals surface area contributed by atoms with E-state index in [0.717, 1.165) is 28.9 Å². The summed E-state index contributed by atoms with van der Waals surface area (Å²) in [6, 6.07) is 7.34. The molecule has 3 rings (SSSR count). The first-order valence-corrected chi connectivity index (χ1v) is 10.5. The Kier molecular flexibility index (Phi) is 7.42. The van der Waals surface area contributed by atoms with Gasteiger partial charge in [0.25, 0.3) is 0 Å². The van der Waals surface area contributed by atoms with Crippen molar-refractivity contribution in [2.75, 3.05) is 32.1 Å². The van der Waals surface area contributed by atoms with Crippen LogP contribution in [0.4, 0.5) is 5.13 Å². The van der Waals surface area contributed by atoms with E-state index in [0.29, 0.717) is 36.2 Å². The molecule has 1 aromatic carbocycles. The summed E-state index contributed by atoms with van der Waals surface area (Å²) in [5.41, 5.74) is 1.81.